The van der Waals surface area contributed by atoms with Crippen molar-refractivity contribution in [3.8, 4) is 12.1 Å². The third-order valence-corrected chi connectivity index (χ3v) is 2.64. The molecule has 1 N–H and O–H groups in total. The van der Waals surface area contributed by atoms with Crippen molar-refractivity contribution in [1.29, 1.82) is 10.5 Å². The van der Waals surface area contributed by atoms with Crippen molar-refractivity contribution in [1.82, 2.24) is 0 Å². The number of hydrogen-bond donors (Lipinski definition) is 1. The van der Waals surface area contributed by atoms with Crippen LogP contribution < -0.4 is 5.32 Å². The smallest absolute Gasteiger partial charge is 0.147 e. The van der Waals surface area contributed by atoms with Gasteiger partial charge in [0.15, 0.2) is 0 Å². The van der Waals surface area contributed by atoms with Crippen LogP contribution in [0.3, 0.4) is 0 Å². The molecule has 0 saturated carbocycles. The van der Waals surface area contributed by atoms with Crippen LogP contribution in [0.1, 0.15) is 16.7 Å². The van der Waals surface area contributed by atoms with E-state index in [2.05, 4.69) is 11.4 Å². The number of hydrogen-bond acceptors (Lipinski definition) is 3. The Hall–Kier alpha value is -2.85. The first-order chi connectivity index (χ1) is 9.22. The second-order valence-electron chi connectivity index (χ2n) is 3.97. The predicted molar refractivity (Wildman–Crippen MR) is 69.6 cm³/mol. The summed E-state index contributed by atoms with van der Waals surface area (Å²) in [5, 5.41) is 20.4. The van der Waals surface area contributed by atoms with Gasteiger partial charge in [-0.05, 0) is 35.9 Å². The van der Waals surface area contributed by atoms with Gasteiger partial charge in [0.05, 0.1) is 29.0 Å². The maximum Gasteiger partial charge on any atom is 0.147 e. The maximum absolute atomic E-state index is 13.6. The number of anilines is 1. The fourth-order valence-electron chi connectivity index (χ4n) is 1.68. The SMILES string of the molecule is N#Cc1cccc(CNc2ccc(C#N)cc2F)c1. The molecule has 0 saturated heterocycles. The molecule has 2 rings (SSSR count). The Morgan fingerprint density at radius 1 is 1.00 bits per heavy atom. The van der Waals surface area contributed by atoms with Crippen LogP contribution in [0.15, 0.2) is 42.5 Å². The number of nitrogens with zero attached hydrogens (tertiary/aromatic N) is 2. The van der Waals surface area contributed by atoms with Crippen LogP contribution in [-0.2, 0) is 6.54 Å². The standard InChI is InChI=1S/C15H10FN3/c16-14-7-12(9-18)4-5-15(14)19-10-13-3-1-2-11(6-13)8-17/h1-7,19H,10H2. The van der Waals surface area contributed by atoms with Gasteiger partial charge in [-0.2, -0.15) is 10.5 Å². The van der Waals surface area contributed by atoms with Gasteiger partial charge in [0, 0.05) is 6.54 Å². The fraction of sp³-hybridized carbons (Fsp3) is 0.0667. The molecule has 0 aromatic heterocycles. The van der Waals surface area contributed by atoms with E-state index < -0.39 is 5.82 Å². The molecule has 0 aliphatic heterocycles. The quantitative estimate of drug-likeness (QED) is 0.911. The van der Waals surface area contributed by atoms with E-state index in [0.29, 0.717) is 17.8 Å². The van der Waals surface area contributed by atoms with Gasteiger partial charge in [0.1, 0.15) is 5.82 Å². The molecule has 2 aromatic rings. The van der Waals surface area contributed by atoms with Crippen LogP contribution in [0.25, 0.3) is 0 Å². The lowest BCUT2D eigenvalue weighted by molar-refractivity contribution is 0.629. The van der Waals surface area contributed by atoms with Gasteiger partial charge < -0.3 is 5.32 Å². The van der Waals surface area contributed by atoms with Crippen LogP contribution in [-0.4, -0.2) is 0 Å². The third kappa shape index (κ3) is 3.08. The minimum atomic E-state index is -0.463. The molecule has 0 radical (unpaired) electrons. The van der Waals surface area contributed by atoms with Gasteiger partial charge in [0.25, 0.3) is 0 Å². The highest BCUT2D eigenvalue weighted by atomic mass is 19.1. The summed E-state index contributed by atoms with van der Waals surface area (Å²) in [5.41, 5.74) is 2.08. The first kappa shape index (κ1) is 12.6. The van der Waals surface area contributed by atoms with Gasteiger partial charge in [-0.3, -0.25) is 0 Å². The zero-order chi connectivity index (χ0) is 13.7. The Labute approximate surface area is 110 Å². The summed E-state index contributed by atoms with van der Waals surface area (Å²) < 4.78 is 13.6. The van der Waals surface area contributed by atoms with Gasteiger partial charge >= 0.3 is 0 Å². The van der Waals surface area contributed by atoms with Crippen molar-refractivity contribution in [3.63, 3.8) is 0 Å². The van der Waals surface area contributed by atoms with Crippen molar-refractivity contribution in [2.45, 2.75) is 6.54 Å². The summed E-state index contributed by atoms with van der Waals surface area (Å²) in [5.74, 6) is -0.463. The minimum absolute atomic E-state index is 0.287. The number of rotatable bonds is 3. The number of nitrogens with one attached hydrogen (secondary N) is 1. The molecule has 0 fully saturated rings. The van der Waals surface area contributed by atoms with Crippen LogP contribution >= 0.6 is 0 Å². The summed E-state index contributed by atoms with van der Waals surface area (Å²) in [6.45, 7) is 0.415. The van der Waals surface area contributed by atoms with E-state index in [1.54, 1.807) is 24.3 Å². The lowest BCUT2D eigenvalue weighted by atomic mass is 10.1. The van der Waals surface area contributed by atoms with E-state index in [0.717, 1.165) is 5.56 Å². The summed E-state index contributed by atoms with van der Waals surface area (Å²) in [7, 11) is 0. The minimum Gasteiger partial charge on any atom is -0.379 e. The largest absolute Gasteiger partial charge is 0.379 e. The normalized spacial score (nSPS) is 9.42. The van der Waals surface area contributed by atoms with Crippen molar-refractivity contribution >= 4 is 5.69 Å². The molecule has 3 nitrogen and oxygen atoms in total. The van der Waals surface area contributed by atoms with E-state index in [1.807, 2.05) is 12.1 Å². The summed E-state index contributed by atoms with van der Waals surface area (Å²) in [6, 6.07) is 15.3. The molecule has 92 valence electrons. The molecule has 2 aromatic carbocycles. The van der Waals surface area contributed by atoms with Crippen LogP contribution in [0.4, 0.5) is 10.1 Å². The van der Waals surface area contributed by atoms with E-state index in [9.17, 15) is 4.39 Å². The Morgan fingerprint density at radius 2 is 1.74 bits per heavy atom. The van der Waals surface area contributed by atoms with E-state index in [4.69, 9.17) is 10.5 Å². The summed E-state index contributed by atoms with van der Waals surface area (Å²) in [6.07, 6.45) is 0. The van der Waals surface area contributed by atoms with Crippen molar-refractivity contribution in [2.24, 2.45) is 0 Å². The molecule has 19 heavy (non-hydrogen) atoms. The third-order valence-electron chi connectivity index (χ3n) is 2.64. The second-order valence-corrected chi connectivity index (χ2v) is 3.97. The maximum atomic E-state index is 13.6. The van der Waals surface area contributed by atoms with Gasteiger partial charge in [-0.1, -0.05) is 12.1 Å². The highest BCUT2D eigenvalue weighted by molar-refractivity contribution is 5.49. The molecular formula is C15H10FN3. The molecular weight excluding hydrogens is 241 g/mol. The molecule has 0 atom stereocenters. The number of nitriles is 2. The highest BCUT2D eigenvalue weighted by Gasteiger charge is 2.03. The van der Waals surface area contributed by atoms with Crippen molar-refractivity contribution < 1.29 is 4.39 Å². The second kappa shape index (κ2) is 5.66. The molecule has 0 aliphatic carbocycles. The monoisotopic (exact) mass is 251 g/mol. The average Bonchev–Trinajstić information content (AvgIpc) is 2.46. The Morgan fingerprint density at radius 3 is 2.42 bits per heavy atom. The van der Waals surface area contributed by atoms with E-state index in [-0.39, 0.29) is 5.56 Å². The van der Waals surface area contributed by atoms with Crippen molar-refractivity contribution in [3.05, 3.63) is 65.0 Å². The Kier molecular flexibility index (Phi) is 3.75. The fourth-order valence-corrected chi connectivity index (χ4v) is 1.68. The molecule has 0 amide bonds. The van der Waals surface area contributed by atoms with Crippen LogP contribution in [0, 0.1) is 28.5 Å². The highest BCUT2D eigenvalue weighted by Crippen LogP contribution is 2.16. The molecule has 4 heteroatoms. The Bertz CT molecular complexity index is 681. The predicted octanol–water partition coefficient (Wildman–Crippen LogP) is 3.18. The molecule has 0 bridgehead atoms. The van der Waals surface area contributed by atoms with Gasteiger partial charge in [-0.15, -0.1) is 0 Å². The summed E-state index contributed by atoms with van der Waals surface area (Å²) >= 11 is 0. The molecule has 0 heterocycles. The van der Waals surface area contributed by atoms with E-state index in [1.165, 1.54) is 12.1 Å². The number of benzene rings is 2. The molecule has 0 spiro atoms. The number of halogens is 1. The lowest BCUT2D eigenvalue weighted by Crippen LogP contribution is -2.01. The Balaban J connectivity index is 2.11. The van der Waals surface area contributed by atoms with Gasteiger partial charge in [0.2, 0.25) is 0 Å². The zero-order valence-corrected chi connectivity index (χ0v) is 10.0. The van der Waals surface area contributed by atoms with Crippen LogP contribution in [0.2, 0.25) is 0 Å². The molecule has 0 aliphatic rings. The first-order valence-electron chi connectivity index (χ1n) is 5.65. The van der Waals surface area contributed by atoms with E-state index >= 15 is 0 Å². The average molecular weight is 251 g/mol. The topological polar surface area (TPSA) is 59.6 Å². The molecule has 0 unspecified atom stereocenters. The zero-order valence-electron chi connectivity index (χ0n) is 10.0. The van der Waals surface area contributed by atoms with Crippen molar-refractivity contribution in [2.75, 3.05) is 5.32 Å². The van der Waals surface area contributed by atoms with Gasteiger partial charge in [-0.25, -0.2) is 4.39 Å². The lowest BCUT2D eigenvalue weighted by Gasteiger charge is -2.08. The summed E-state index contributed by atoms with van der Waals surface area (Å²) in [4.78, 5) is 0. The van der Waals surface area contributed by atoms with Crippen LogP contribution in [0.5, 0.6) is 0 Å². The first-order valence-corrected chi connectivity index (χ1v) is 5.65.